The SMILES string of the molecule is COC1(CCN)CCN(c2nccc(Nc3cc4c(cn3)nc(C)n4C(C)C)n2)CC1. The van der Waals surface area contributed by atoms with E-state index in [1.807, 2.05) is 19.1 Å². The van der Waals surface area contributed by atoms with Crippen molar-refractivity contribution >= 4 is 28.6 Å². The topological polar surface area (TPSA) is 107 Å². The number of aryl methyl sites for hydroxylation is 1. The number of nitrogens with zero attached hydrogens (tertiary/aromatic N) is 6. The first-order chi connectivity index (χ1) is 14.9. The van der Waals surface area contributed by atoms with Gasteiger partial charge < -0.3 is 25.3 Å². The van der Waals surface area contributed by atoms with Gasteiger partial charge in [-0.1, -0.05) is 0 Å². The van der Waals surface area contributed by atoms with Crippen molar-refractivity contribution < 1.29 is 4.74 Å². The molecule has 0 atom stereocenters. The highest BCUT2D eigenvalue weighted by Gasteiger charge is 2.34. The van der Waals surface area contributed by atoms with E-state index in [9.17, 15) is 0 Å². The lowest BCUT2D eigenvalue weighted by Crippen LogP contribution is -2.47. The van der Waals surface area contributed by atoms with Crippen LogP contribution in [0, 0.1) is 6.92 Å². The number of hydrogen-bond donors (Lipinski definition) is 2. The van der Waals surface area contributed by atoms with Gasteiger partial charge in [0.25, 0.3) is 0 Å². The fourth-order valence-electron chi connectivity index (χ4n) is 4.47. The summed E-state index contributed by atoms with van der Waals surface area (Å²) in [7, 11) is 1.78. The van der Waals surface area contributed by atoms with E-state index in [0.717, 1.165) is 60.8 Å². The number of rotatable bonds is 7. The fraction of sp³-hybridized carbons (Fsp3) is 0.545. The van der Waals surface area contributed by atoms with Crippen LogP contribution in [0.15, 0.2) is 24.5 Å². The molecule has 4 heterocycles. The zero-order valence-corrected chi connectivity index (χ0v) is 18.8. The van der Waals surface area contributed by atoms with E-state index in [1.54, 1.807) is 19.5 Å². The summed E-state index contributed by atoms with van der Waals surface area (Å²) < 4.78 is 8.01. The summed E-state index contributed by atoms with van der Waals surface area (Å²) in [4.78, 5) is 20.6. The molecule has 166 valence electrons. The molecule has 1 saturated heterocycles. The Morgan fingerprint density at radius 2 is 1.97 bits per heavy atom. The van der Waals surface area contributed by atoms with E-state index in [1.165, 1.54) is 0 Å². The number of nitrogens with one attached hydrogen (secondary N) is 1. The van der Waals surface area contributed by atoms with Gasteiger partial charge in [0.15, 0.2) is 0 Å². The van der Waals surface area contributed by atoms with Crippen LogP contribution < -0.4 is 16.0 Å². The Bertz CT molecular complexity index is 1040. The summed E-state index contributed by atoms with van der Waals surface area (Å²) in [6.45, 7) is 8.65. The van der Waals surface area contributed by atoms with Crippen molar-refractivity contribution in [2.24, 2.45) is 5.73 Å². The molecule has 1 aliphatic rings. The molecule has 1 aliphatic heterocycles. The monoisotopic (exact) mass is 424 g/mol. The van der Waals surface area contributed by atoms with E-state index in [2.05, 4.69) is 43.6 Å². The van der Waals surface area contributed by atoms with Crippen LogP contribution in [0.4, 0.5) is 17.6 Å². The van der Waals surface area contributed by atoms with Gasteiger partial charge in [0, 0.05) is 38.5 Å². The van der Waals surface area contributed by atoms with Crippen LogP contribution >= 0.6 is 0 Å². The fourth-order valence-corrected chi connectivity index (χ4v) is 4.47. The number of anilines is 3. The molecular formula is C22H32N8O. The molecule has 0 aromatic carbocycles. The molecule has 3 N–H and O–H groups in total. The molecule has 0 saturated carbocycles. The van der Waals surface area contributed by atoms with Crippen LogP contribution in [0.3, 0.4) is 0 Å². The maximum absolute atomic E-state index is 5.79. The minimum Gasteiger partial charge on any atom is -0.378 e. The van der Waals surface area contributed by atoms with Gasteiger partial charge >= 0.3 is 0 Å². The van der Waals surface area contributed by atoms with Crippen molar-refractivity contribution in [2.45, 2.75) is 51.7 Å². The third-order valence-corrected chi connectivity index (χ3v) is 6.16. The third-order valence-electron chi connectivity index (χ3n) is 6.16. The normalized spacial score (nSPS) is 16.3. The van der Waals surface area contributed by atoms with Crippen molar-refractivity contribution in [2.75, 3.05) is 37.0 Å². The molecule has 0 bridgehead atoms. The van der Waals surface area contributed by atoms with Gasteiger partial charge in [0.2, 0.25) is 5.95 Å². The largest absolute Gasteiger partial charge is 0.378 e. The first kappa shape index (κ1) is 21.5. The molecule has 0 aliphatic carbocycles. The van der Waals surface area contributed by atoms with E-state index < -0.39 is 0 Å². The lowest BCUT2D eigenvalue weighted by molar-refractivity contribution is -0.0341. The van der Waals surface area contributed by atoms with Crippen LogP contribution in [0.2, 0.25) is 0 Å². The molecular weight excluding hydrogens is 392 g/mol. The number of piperidine rings is 1. The Balaban J connectivity index is 1.51. The molecule has 31 heavy (non-hydrogen) atoms. The Kier molecular flexibility index (Phi) is 6.06. The molecule has 4 rings (SSSR count). The van der Waals surface area contributed by atoms with Gasteiger partial charge in [-0.2, -0.15) is 4.98 Å². The van der Waals surface area contributed by atoms with Crippen molar-refractivity contribution in [1.29, 1.82) is 0 Å². The summed E-state index contributed by atoms with van der Waals surface area (Å²) in [5.74, 6) is 3.15. The first-order valence-corrected chi connectivity index (χ1v) is 10.9. The highest BCUT2D eigenvalue weighted by Crippen LogP contribution is 2.30. The molecule has 0 amide bonds. The lowest BCUT2D eigenvalue weighted by atomic mass is 9.88. The Morgan fingerprint density at radius 3 is 2.65 bits per heavy atom. The van der Waals surface area contributed by atoms with Gasteiger partial charge in [-0.3, -0.25) is 0 Å². The lowest BCUT2D eigenvalue weighted by Gasteiger charge is -2.40. The quantitative estimate of drug-likeness (QED) is 0.595. The molecule has 3 aromatic rings. The predicted octanol–water partition coefficient (Wildman–Crippen LogP) is 3.19. The number of pyridine rings is 1. The molecule has 0 unspecified atom stereocenters. The molecule has 0 spiro atoms. The minimum atomic E-state index is -0.127. The maximum Gasteiger partial charge on any atom is 0.227 e. The molecule has 0 radical (unpaired) electrons. The van der Waals surface area contributed by atoms with E-state index in [4.69, 9.17) is 15.5 Å². The van der Waals surface area contributed by atoms with E-state index in [-0.39, 0.29) is 5.60 Å². The number of nitrogens with two attached hydrogens (primary N) is 1. The molecule has 1 fully saturated rings. The van der Waals surface area contributed by atoms with Gasteiger partial charge in [0.1, 0.15) is 23.0 Å². The first-order valence-electron chi connectivity index (χ1n) is 10.9. The second-order valence-electron chi connectivity index (χ2n) is 8.46. The van der Waals surface area contributed by atoms with Crippen LogP contribution in [-0.2, 0) is 4.74 Å². The van der Waals surface area contributed by atoms with E-state index in [0.29, 0.717) is 18.5 Å². The van der Waals surface area contributed by atoms with Crippen LogP contribution in [0.5, 0.6) is 0 Å². The number of hydrogen-bond acceptors (Lipinski definition) is 8. The van der Waals surface area contributed by atoms with Gasteiger partial charge in [-0.25, -0.2) is 15.0 Å². The summed E-state index contributed by atoms with van der Waals surface area (Å²) in [5.41, 5.74) is 7.61. The predicted molar refractivity (Wildman–Crippen MR) is 123 cm³/mol. The Morgan fingerprint density at radius 1 is 1.19 bits per heavy atom. The summed E-state index contributed by atoms with van der Waals surface area (Å²) in [5, 5.41) is 3.33. The van der Waals surface area contributed by atoms with Crippen LogP contribution in [0.1, 0.15) is 45.0 Å². The van der Waals surface area contributed by atoms with Crippen molar-refractivity contribution in [3.05, 3.63) is 30.4 Å². The van der Waals surface area contributed by atoms with Crippen molar-refractivity contribution in [1.82, 2.24) is 24.5 Å². The average Bonchev–Trinajstić information content (AvgIpc) is 3.10. The number of methoxy groups -OCH3 is 1. The number of ether oxygens (including phenoxy) is 1. The van der Waals surface area contributed by atoms with Crippen molar-refractivity contribution in [3.63, 3.8) is 0 Å². The third kappa shape index (κ3) is 4.33. The smallest absolute Gasteiger partial charge is 0.227 e. The summed E-state index contributed by atoms with van der Waals surface area (Å²) in [6.07, 6.45) is 6.29. The zero-order chi connectivity index (χ0) is 22.0. The summed E-state index contributed by atoms with van der Waals surface area (Å²) in [6, 6.07) is 4.21. The zero-order valence-electron chi connectivity index (χ0n) is 18.8. The average molecular weight is 425 g/mol. The molecule has 9 nitrogen and oxygen atoms in total. The Labute approximate surface area is 183 Å². The molecule has 3 aromatic heterocycles. The summed E-state index contributed by atoms with van der Waals surface area (Å²) >= 11 is 0. The second kappa shape index (κ2) is 8.76. The van der Waals surface area contributed by atoms with Gasteiger partial charge in [0.05, 0.1) is 17.3 Å². The highest BCUT2D eigenvalue weighted by atomic mass is 16.5. The maximum atomic E-state index is 5.79. The van der Waals surface area contributed by atoms with Crippen molar-refractivity contribution in [3.8, 4) is 0 Å². The minimum absolute atomic E-state index is 0.127. The second-order valence-corrected chi connectivity index (χ2v) is 8.46. The van der Waals surface area contributed by atoms with E-state index >= 15 is 0 Å². The molecule has 9 heteroatoms. The number of aromatic nitrogens is 5. The Hall–Kier alpha value is -2.78. The van der Waals surface area contributed by atoms with Gasteiger partial charge in [-0.15, -0.1) is 0 Å². The number of imidazole rings is 1. The standard InChI is InChI=1S/C22H32N8O/c1-15(2)30-16(3)26-17-14-25-20(13-18(17)30)27-19-5-10-24-21(28-19)29-11-7-22(31-4,6-9-23)8-12-29/h5,10,13-15H,6-9,11-12,23H2,1-4H3,(H,24,25,27,28). The van der Waals surface area contributed by atoms with Crippen LogP contribution in [0.25, 0.3) is 11.0 Å². The highest BCUT2D eigenvalue weighted by molar-refractivity contribution is 5.79. The number of fused-ring (bicyclic) bond motifs is 1. The van der Waals surface area contributed by atoms with Crippen LogP contribution in [-0.4, -0.2) is 56.8 Å². The van der Waals surface area contributed by atoms with Gasteiger partial charge in [-0.05, 0) is 52.6 Å².